The van der Waals surface area contributed by atoms with Crippen LogP contribution in [0, 0.1) is 0 Å². The van der Waals surface area contributed by atoms with E-state index in [2.05, 4.69) is 170 Å². The van der Waals surface area contributed by atoms with Gasteiger partial charge in [0.1, 0.15) is 0 Å². The molecule has 0 N–H and O–H groups in total. The van der Waals surface area contributed by atoms with Crippen LogP contribution in [0.3, 0.4) is 0 Å². The number of anilines is 3. The molecule has 9 aromatic rings. The summed E-state index contributed by atoms with van der Waals surface area (Å²) in [7, 11) is 0. The van der Waals surface area contributed by atoms with Crippen molar-refractivity contribution >= 4 is 83.2 Å². The number of nitrogens with zero attached hydrogens (tertiary/aromatic N) is 1. The van der Waals surface area contributed by atoms with E-state index in [0.717, 1.165) is 0 Å². The van der Waals surface area contributed by atoms with Crippen LogP contribution in [0.1, 0.15) is 25.0 Å². The van der Waals surface area contributed by atoms with Gasteiger partial charge in [0.05, 0.1) is 0 Å². The van der Waals surface area contributed by atoms with E-state index >= 15 is 0 Å². The van der Waals surface area contributed by atoms with Gasteiger partial charge in [0, 0.05) is 0 Å². The van der Waals surface area contributed by atoms with Crippen LogP contribution in [0.2, 0.25) is 0 Å². The van der Waals surface area contributed by atoms with Crippen molar-refractivity contribution in [1.29, 1.82) is 0 Å². The molecular weight excluding hydrogens is 633 g/mol. The quantitative estimate of drug-likeness (QED) is 0.134. The molecule has 1 aromatic heterocycles. The number of fused-ring (bicyclic) bond motifs is 11. The van der Waals surface area contributed by atoms with Gasteiger partial charge >= 0.3 is 281 Å². The SMILES string of the molecule is CC1(C)c2ccccc2-c2cc(N(c3ccc4ccccc4c3)c3cccc4c3[se]c3c4ccc4ccc5ccccc5c43)ccc21. The van der Waals surface area contributed by atoms with Gasteiger partial charge in [-0.15, -0.1) is 0 Å². The van der Waals surface area contributed by atoms with Gasteiger partial charge < -0.3 is 0 Å². The van der Waals surface area contributed by atoms with Crippen molar-refractivity contribution < 1.29 is 0 Å². The van der Waals surface area contributed by atoms with E-state index in [1.165, 1.54) is 90.9 Å². The van der Waals surface area contributed by atoms with Gasteiger partial charge in [-0.2, -0.15) is 0 Å². The molecule has 1 heterocycles. The molecule has 0 amide bonds. The van der Waals surface area contributed by atoms with Crippen molar-refractivity contribution in [3.63, 3.8) is 0 Å². The normalized spacial score (nSPS) is 13.5. The second kappa shape index (κ2) is 9.93. The van der Waals surface area contributed by atoms with E-state index in [-0.39, 0.29) is 19.9 Å². The van der Waals surface area contributed by atoms with Gasteiger partial charge in [-0.1, -0.05) is 0 Å². The van der Waals surface area contributed by atoms with Crippen LogP contribution in [0.5, 0.6) is 0 Å². The van der Waals surface area contributed by atoms with E-state index in [0.29, 0.717) is 0 Å². The molecule has 0 spiro atoms. The Morgan fingerprint density at radius 1 is 0.447 bits per heavy atom. The zero-order valence-electron chi connectivity index (χ0n) is 26.3. The van der Waals surface area contributed by atoms with Crippen molar-refractivity contribution in [2.24, 2.45) is 0 Å². The first-order valence-electron chi connectivity index (χ1n) is 16.4. The number of rotatable bonds is 3. The van der Waals surface area contributed by atoms with Crippen LogP contribution < -0.4 is 4.90 Å². The third kappa shape index (κ3) is 3.90. The van der Waals surface area contributed by atoms with Crippen molar-refractivity contribution in [2.45, 2.75) is 19.3 Å². The summed E-state index contributed by atoms with van der Waals surface area (Å²) in [5.41, 5.74) is 9.12. The monoisotopic (exact) mass is 665 g/mol. The number of hydrogen-bond donors (Lipinski definition) is 0. The first-order chi connectivity index (χ1) is 23.1. The van der Waals surface area contributed by atoms with Crippen LogP contribution in [0.25, 0.3) is 62.7 Å². The van der Waals surface area contributed by atoms with E-state index in [4.69, 9.17) is 0 Å². The molecule has 0 saturated heterocycles. The predicted molar refractivity (Wildman–Crippen MR) is 203 cm³/mol. The average molecular weight is 665 g/mol. The molecule has 1 aliphatic carbocycles. The summed E-state index contributed by atoms with van der Waals surface area (Å²) in [6.07, 6.45) is 0. The summed E-state index contributed by atoms with van der Waals surface area (Å²) in [5, 5.41) is 10.7. The van der Waals surface area contributed by atoms with Crippen molar-refractivity contribution in [3.05, 3.63) is 163 Å². The summed E-state index contributed by atoms with van der Waals surface area (Å²) in [6.45, 7) is 4.71. The van der Waals surface area contributed by atoms with Crippen LogP contribution in [0.15, 0.2) is 152 Å². The molecule has 47 heavy (non-hydrogen) atoms. The Balaban J connectivity index is 1.27. The van der Waals surface area contributed by atoms with Gasteiger partial charge in [-0.05, 0) is 0 Å². The van der Waals surface area contributed by atoms with Gasteiger partial charge in [0.25, 0.3) is 0 Å². The Labute approximate surface area is 280 Å². The van der Waals surface area contributed by atoms with E-state index in [1.807, 2.05) is 0 Å². The maximum atomic E-state index is 2.52. The predicted octanol–water partition coefficient (Wildman–Crippen LogP) is 12.3. The second-order valence-corrected chi connectivity index (χ2v) is 15.5. The molecule has 0 saturated carbocycles. The molecule has 0 bridgehead atoms. The van der Waals surface area contributed by atoms with Crippen molar-refractivity contribution in [2.75, 3.05) is 4.90 Å². The maximum absolute atomic E-state index is 2.52. The van der Waals surface area contributed by atoms with Gasteiger partial charge in [0.15, 0.2) is 0 Å². The first-order valence-corrected chi connectivity index (χ1v) is 18.1. The molecule has 8 aromatic carbocycles. The number of hydrogen-bond acceptors (Lipinski definition) is 1. The zero-order chi connectivity index (χ0) is 31.3. The topological polar surface area (TPSA) is 3.24 Å². The van der Waals surface area contributed by atoms with Gasteiger partial charge in [-0.25, -0.2) is 0 Å². The van der Waals surface area contributed by atoms with Crippen LogP contribution in [-0.4, -0.2) is 14.5 Å². The van der Waals surface area contributed by atoms with Crippen LogP contribution >= 0.6 is 0 Å². The Bertz CT molecular complexity index is 2730. The van der Waals surface area contributed by atoms with Crippen LogP contribution in [0.4, 0.5) is 17.1 Å². The molecule has 0 fully saturated rings. The average Bonchev–Trinajstić information content (AvgIpc) is 3.61. The van der Waals surface area contributed by atoms with Crippen molar-refractivity contribution in [3.8, 4) is 11.1 Å². The molecule has 1 nitrogen and oxygen atoms in total. The van der Waals surface area contributed by atoms with Crippen molar-refractivity contribution in [1.82, 2.24) is 0 Å². The molecule has 222 valence electrons. The summed E-state index contributed by atoms with van der Waals surface area (Å²) in [6, 6.07) is 56.8. The summed E-state index contributed by atoms with van der Waals surface area (Å²) in [4.78, 5) is 2.52. The van der Waals surface area contributed by atoms with Crippen LogP contribution in [-0.2, 0) is 5.41 Å². The molecule has 10 rings (SSSR count). The Morgan fingerprint density at radius 2 is 1.09 bits per heavy atom. The standard InChI is InChI=1S/C45H31NSe/c1-45(2)39-16-8-7-14-35(39)38-27-33(23-25-40(38)45)46(32-22-20-28-10-3-4-12-31(28)26-32)41-17-9-15-36-37-24-21-30-19-18-29-11-5-6-13-34(29)42(30)44(37)47-43(36)41/h3-27H,1-2H3. The molecule has 0 radical (unpaired) electrons. The number of benzene rings is 8. The van der Waals surface area contributed by atoms with Gasteiger partial charge in [-0.3, -0.25) is 0 Å². The summed E-state index contributed by atoms with van der Waals surface area (Å²) in [5.74, 6) is 0. The third-order valence-electron chi connectivity index (χ3n) is 10.4. The molecule has 0 atom stereocenters. The second-order valence-electron chi connectivity index (χ2n) is 13.4. The molecule has 1 aliphatic rings. The first kappa shape index (κ1) is 27.0. The minimum absolute atomic E-state index is 0.0270. The summed E-state index contributed by atoms with van der Waals surface area (Å²) < 4.78 is 2.95. The third-order valence-corrected chi connectivity index (χ3v) is 13.1. The molecular formula is C45H31NSe. The Hall–Kier alpha value is -5.14. The zero-order valence-corrected chi connectivity index (χ0v) is 28.0. The molecule has 2 heteroatoms. The van der Waals surface area contributed by atoms with E-state index in [1.54, 1.807) is 0 Å². The molecule has 0 unspecified atom stereocenters. The van der Waals surface area contributed by atoms with Gasteiger partial charge in [0.2, 0.25) is 0 Å². The molecule has 0 aliphatic heterocycles. The fourth-order valence-corrected chi connectivity index (χ4v) is 11.0. The Kier molecular flexibility index (Phi) is 5.71. The fraction of sp³-hybridized carbons (Fsp3) is 0.0667. The fourth-order valence-electron chi connectivity index (χ4n) is 8.09. The van der Waals surface area contributed by atoms with E-state index < -0.39 is 0 Å². The Morgan fingerprint density at radius 3 is 2.00 bits per heavy atom. The minimum atomic E-state index is -0.0270. The summed E-state index contributed by atoms with van der Waals surface area (Å²) >= 11 is 0.130. The van der Waals surface area contributed by atoms with E-state index in [9.17, 15) is 0 Å².